The van der Waals surface area contributed by atoms with E-state index >= 15 is 0 Å². The molecule has 3 aromatic rings. The molecular weight excluding hydrogens is 380 g/mol. The fraction of sp³-hybridized carbons (Fsp3) is 0.125. The normalized spacial score (nSPS) is 12.2. The zero-order valence-corrected chi connectivity index (χ0v) is 15.5. The summed E-state index contributed by atoms with van der Waals surface area (Å²) in [7, 11) is -2.52. The summed E-state index contributed by atoms with van der Waals surface area (Å²) in [5.74, 6) is 2.03. The Morgan fingerprint density at radius 2 is 2.20 bits per heavy atom. The molecule has 1 aromatic carbocycles. The number of carbonyl (C=O) groups is 1. The Hall–Kier alpha value is -2.41. The van der Waals surface area contributed by atoms with Gasteiger partial charge in [-0.2, -0.15) is 8.42 Å². The van der Waals surface area contributed by atoms with Gasteiger partial charge in [0.1, 0.15) is 4.21 Å². The van der Waals surface area contributed by atoms with E-state index in [4.69, 9.17) is 11.2 Å². The van der Waals surface area contributed by atoms with Gasteiger partial charge in [-0.1, -0.05) is 23.3 Å². The Bertz CT molecular complexity index is 1150. The quantitative estimate of drug-likeness (QED) is 0.505. The summed E-state index contributed by atoms with van der Waals surface area (Å²) in [6, 6.07) is 8.08. The van der Waals surface area contributed by atoms with Crippen molar-refractivity contribution in [2.75, 3.05) is 7.11 Å². The molecule has 0 spiro atoms. The smallest absolute Gasteiger partial charge is 0.337 e. The van der Waals surface area contributed by atoms with Crippen LogP contribution in [0.2, 0.25) is 0 Å². The molecule has 0 saturated carbocycles. The van der Waals surface area contributed by atoms with Gasteiger partial charge in [-0.05, 0) is 29.6 Å². The zero-order chi connectivity index (χ0) is 18.0. The van der Waals surface area contributed by atoms with Crippen LogP contribution in [0.4, 0.5) is 0 Å². The fourth-order valence-corrected chi connectivity index (χ4v) is 5.43. The van der Waals surface area contributed by atoms with E-state index in [1.165, 1.54) is 13.2 Å². The van der Waals surface area contributed by atoms with Gasteiger partial charge in [-0.3, -0.25) is 0 Å². The van der Waals surface area contributed by atoms with Crippen molar-refractivity contribution in [2.45, 2.75) is 10.8 Å². The van der Waals surface area contributed by atoms with E-state index in [1.807, 2.05) is 0 Å². The lowest BCUT2D eigenvalue weighted by molar-refractivity contribution is 0.0601. The van der Waals surface area contributed by atoms with Crippen molar-refractivity contribution >= 4 is 48.9 Å². The van der Waals surface area contributed by atoms with E-state index in [0.29, 0.717) is 15.8 Å². The number of methoxy groups -OCH3 is 1. The molecule has 2 heterocycles. The molecule has 0 fully saturated rings. The van der Waals surface area contributed by atoms with E-state index in [9.17, 15) is 13.2 Å². The van der Waals surface area contributed by atoms with Crippen LogP contribution in [-0.4, -0.2) is 26.1 Å². The number of benzene rings is 1. The molecule has 6 nitrogen and oxygen atoms in total. The third kappa shape index (κ3) is 3.37. The second kappa shape index (κ2) is 6.84. The van der Waals surface area contributed by atoms with E-state index in [0.717, 1.165) is 22.7 Å². The van der Waals surface area contributed by atoms with Gasteiger partial charge in [0, 0.05) is 0 Å². The lowest BCUT2D eigenvalue weighted by Gasteiger charge is -2.01. The largest absolute Gasteiger partial charge is 0.465 e. The first-order valence-corrected chi connectivity index (χ1v) is 10.1. The number of thiazole rings is 1. The number of hydrogen-bond donors (Lipinski definition) is 0. The lowest BCUT2D eigenvalue weighted by Crippen LogP contribution is -2.16. The molecule has 0 bridgehead atoms. The predicted molar refractivity (Wildman–Crippen MR) is 97.1 cm³/mol. The van der Waals surface area contributed by atoms with Crippen molar-refractivity contribution in [3.63, 3.8) is 0 Å². The molecule has 3 rings (SSSR count). The van der Waals surface area contributed by atoms with Crippen molar-refractivity contribution in [3.8, 4) is 12.3 Å². The first-order valence-electron chi connectivity index (χ1n) is 6.96. The molecular formula is C16H12N2O4S3. The molecule has 2 aromatic heterocycles. The summed E-state index contributed by atoms with van der Waals surface area (Å²) in [6.45, 7) is 0.163. The third-order valence-corrected chi connectivity index (χ3v) is 7.10. The van der Waals surface area contributed by atoms with Crippen LogP contribution in [0.1, 0.15) is 10.4 Å². The van der Waals surface area contributed by atoms with Crippen LogP contribution in [0.25, 0.3) is 10.2 Å². The van der Waals surface area contributed by atoms with Crippen molar-refractivity contribution < 1.29 is 17.9 Å². The summed E-state index contributed by atoms with van der Waals surface area (Å²) >= 11 is 2.25. The fourth-order valence-electron chi connectivity index (χ4n) is 2.19. The molecule has 128 valence electrons. The lowest BCUT2D eigenvalue weighted by atomic mass is 10.2. The Balaban J connectivity index is 2.24. The van der Waals surface area contributed by atoms with Crippen LogP contribution in [-0.2, 0) is 21.3 Å². The maximum Gasteiger partial charge on any atom is 0.337 e. The first kappa shape index (κ1) is 17.4. The molecule has 25 heavy (non-hydrogen) atoms. The Kier molecular flexibility index (Phi) is 4.76. The topological polar surface area (TPSA) is 77.7 Å². The van der Waals surface area contributed by atoms with Gasteiger partial charge in [-0.25, -0.2) is 4.79 Å². The number of sulfonamides is 1. The standard InChI is InChI=1S/C16H12N2O4S3/c1-3-8-18-12-7-6-11(15(19)22-2)10-13(12)24-16(18)17-25(20,21)14-5-4-9-23-14/h1,4-7,9-10H,8H2,2H3/b17-16-. The van der Waals surface area contributed by atoms with Gasteiger partial charge in [0.05, 0.1) is 29.4 Å². The van der Waals surface area contributed by atoms with E-state index in [1.54, 1.807) is 34.2 Å². The first-order chi connectivity index (χ1) is 12.0. The Morgan fingerprint density at radius 1 is 1.40 bits per heavy atom. The molecule has 0 amide bonds. The second-order valence-electron chi connectivity index (χ2n) is 4.85. The van der Waals surface area contributed by atoms with Crippen LogP contribution < -0.4 is 4.80 Å². The number of carbonyl (C=O) groups excluding carboxylic acids is 1. The Labute approximate surface area is 152 Å². The summed E-state index contributed by atoms with van der Waals surface area (Å²) < 4.78 is 36.0. The van der Waals surface area contributed by atoms with Crippen molar-refractivity contribution in [3.05, 3.63) is 46.1 Å². The van der Waals surface area contributed by atoms with Crippen LogP contribution >= 0.6 is 22.7 Å². The van der Waals surface area contributed by atoms with E-state index < -0.39 is 16.0 Å². The van der Waals surface area contributed by atoms with Gasteiger partial charge in [0.2, 0.25) is 4.80 Å². The summed E-state index contributed by atoms with van der Waals surface area (Å²) in [5.41, 5.74) is 1.08. The minimum Gasteiger partial charge on any atom is -0.465 e. The van der Waals surface area contributed by atoms with Crippen LogP contribution in [0, 0.1) is 12.3 Å². The van der Waals surface area contributed by atoms with Gasteiger partial charge >= 0.3 is 5.97 Å². The molecule has 0 unspecified atom stereocenters. The highest BCUT2D eigenvalue weighted by atomic mass is 32.2. The highest BCUT2D eigenvalue weighted by Gasteiger charge is 2.16. The number of esters is 1. The highest BCUT2D eigenvalue weighted by molar-refractivity contribution is 7.92. The van der Waals surface area contributed by atoms with Crippen LogP contribution in [0.5, 0.6) is 0 Å². The maximum absolute atomic E-state index is 12.4. The van der Waals surface area contributed by atoms with Crippen LogP contribution in [0.15, 0.2) is 44.3 Å². The number of nitrogens with zero attached hydrogens (tertiary/aromatic N) is 2. The number of thiophene rings is 1. The highest BCUT2D eigenvalue weighted by Crippen LogP contribution is 2.22. The van der Waals surface area contributed by atoms with Crippen molar-refractivity contribution in [2.24, 2.45) is 4.40 Å². The van der Waals surface area contributed by atoms with Gasteiger partial charge in [0.15, 0.2) is 0 Å². The molecule has 0 aliphatic rings. The maximum atomic E-state index is 12.4. The van der Waals surface area contributed by atoms with Gasteiger partial charge in [0.25, 0.3) is 10.0 Å². The van der Waals surface area contributed by atoms with Gasteiger partial charge < -0.3 is 9.30 Å². The van der Waals surface area contributed by atoms with Crippen molar-refractivity contribution in [1.29, 1.82) is 0 Å². The molecule has 0 N–H and O–H groups in total. The Morgan fingerprint density at radius 3 is 2.84 bits per heavy atom. The SMILES string of the molecule is C#CCn1/c(=N/S(=O)(=O)c2cccs2)sc2cc(C(=O)OC)ccc21. The molecule has 0 saturated heterocycles. The third-order valence-electron chi connectivity index (χ3n) is 3.30. The second-order valence-corrected chi connectivity index (χ2v) is 8.64. The van der Waals surface area contributed by atoms with Crippen LogP contribution in [0.3, 0.4) is 0 Å². The number of aromatic nitrogens is 1. The summed E-state index contributed by atoms with van der Waals surface area (Å²) in [6.07, 6.45) is 5.41. The predicted octanol–water partition coefficient (Wildman–Crippen LogP) is 2.47. The number of hydrogen-bond acceptors (Lipinski definition) is 6. The summed E-state index contributed by atoms with van der Waals surface area (Å²) in [5, 5.41) is 1.67. The van der Waals surface area contributed by atoms with E-state index in [-0.39, 0.29) is 15.6 Å². The number of ether oxygens (including phenoxy) is 1. The van der Waals surface area contributed by atoms with Crippen molar-refractivity contribution in [1.82, 2.24) is 4.57 Å². The number of rotatable bonds is 4. The molecule has 0 aliphatic carbocycles. The monoisotopic (exact) mass is 392 g/mol. The van der Waals surface area contributed by atoms with E-state index in [2.05, 4.69) is 10.3 Å². The molecule has 9 heteroatoms. The molecule has 0 atom stereocenters. The minimum absolute atomic E-state index is 0.160. The molecule has 0 radical (unpaired) electrons. The summed E-state index contributed by atoms with van der Waals surface area (Å²) in [4.78, 5) is 11.9. The minimum atomic E-state index is -3.82. The van der Waals surface area contributed by atoms with Gasteiger partial charge in [-0.15, -0.1) is 22.2 Å². The zero-order valence-electron chi connectivity index (χ0n) is 13.0. The number of fused-ring (bicyclic) bond motifs is 1. The molecule has 0 aliphatic heterocycles. The number of terminal acetylenes is 1. The average Bonchev–Trinajstić information content (AvgIpc) is 3.23. The average molecular weight is 392 g/mol.